The molecule has 0 spiro atoms. The predicted molar refractivity (Wildman–Crippen MR) is 66.4 cm³/mol. The Kier molecular flexibility index (Phi) is 3.54. The second-order valence-electron chi connectivity index (χ2n) is 4.51. The van der Waals surface area contributed by atoms with E-state index in [1.54, 1.807) is 5.06 Å². The zero-order valence-electron chi connectivity index (χ0n) is 9.89. The van der Waals surface area contributed by atoms with Crippen LogP contribution in [0.2, 0.25) is 0 Å². The minimum Gasteiger partial charge on any atom is -0.385 e. The first-order valence-electron chi connectivity index (χ1n) is 5.43. The molecule has 1 aromatic carbocycles. The molecule has 0 unspecified atom stereocenters. The standard InChI is InChI=1S/C12H15ClN2O2/c1-12(2)9-15(11(13)14-17-12)16-8-10-6-4-3-5-7-10/h3-7H,8-9H2,1-2H3. The summed E-state index contributed by atoms with van der Waals surface area (Å²) in [6.45, 7) is 4.86. The predicted octanol–water partition coefficient (Wildman–Crippen LogP) is 2.74. The Morgan fingerprint density at radius 3 is 2.82 bits per heavy atom. The highest BCUT2D eigenvalue weighted by Crippen LogP contribution is 2.20. The van der Waals surface area contributed by atoms with E-state index in [0.717, 1.165) is 5.56 Å². The van der Waals surface area contributed by atoms with Crippen molar-refractivity contribution in [2.75, 3.05) is 6.54 Å². The van der Waals surface area contributed by atoms with E-state index in [0.29, 0.717) is 13.2 Å². The average Bonchev–Trinajstić information content (AvgIpc) is 2.32. The lowest BCUT2D eigenvalue weighted by Crippen LogP contribution is -2.45. The molecule has 1 heterocycles. The Hall–Kier alpha value is -1.26. The van der Waals surface area contributed by atoms with E-state index in [-0.39, 0.29) is 5.29 Å². The van der Waals surface area contributed by atoms with Gasteiger partial charge in [-0.15, -0.1) is 0 Å². The number of halogens is 1. The number of hydrogen-bond donors (Lipinski definition) is 0. The summed E-state index contributed by atoms with van der Waals surface area (Å²) in [6, 6.07) is 9.90. The molecule has 0 atom stereocenters. The van der Waals surface area contributed by atoms with E-state index in [2.05, 4.69) is 5.16 Å². The van der Waals surface area contributed by atoms with Gasteiger partial charge in [-0.1, -0.05) is 35.5 Å². The topological polar surface area (TPSA) is 34.1 Å². The third-order valence-corrected chi connectivity index (χ3v) is 2.59. The normalized spacial score (nSPS) is 18.5. The van der Waals surface area contributed by atoms with Gasteiger partial charge in [0.25, 0.3) is 5.29 Å². The maximum absolute atomic E-state index is 5.90. The third kappa shape index (κ3) is 3.35. The van der Waals surface area contributed by atoms with E-state index < -0.39 is 5.60 Å². The van der Waals surface area contributed by atoms with Gasteiger partial charge >= 0.3 is 0 Å². The van der Waals surface area contributed by atoms with E-state index in [4.69, 9.17) is 21.3 Å². The zero-order chi connectivity index (χ0) is 12.3. The molecule has 0 saturated carbocycles. The molecule has 0 amide bonds. The molecule has 0 saturated heterocycles. The van der Waals surface area contributed by atoms with Gasteiger partial charge in [-0.2, -0.15) is 0 Å². The van der Waals surface area contributed by atoms with E-state index >= 15 is 0 Å². The summed E-state index contributed by atoms with van der Waals surface area (Å²) in [5.74, 6) is 0. The molecule has 2 rings (SSSR count). The van der Waals surface area contributed by atoms with Gasteiger partial charge in [0.2, 0.25) is 0 Å². The minimum absolute atomic E-state index is 0.222. The number of oxime groups is 1. The van der Waals surface area contributed by atoms with Gasteiger partial charge in [0.05, 0.1) is 6.54 Å². The van der Waals surface area contributed by atoms with Crippen LogP contribution in [0.5, 0.6) is 0 Å². The van der Waals surface area contributed by atoms with Crippen molar-refractivity contribution in [1.82, 2.24) is 5.06 Å². The van der Waals surface area contributed by atoms with Crippen molar-refractivity contribution in [2.24, 2.45) is 5.16 Å². The molecule has 5 heteroatoms. The first-order chi connectivity index (χ1) is 8.07. The zero-order valence-corrected chi connectivity index (χ0v) is 10.6. The Morgan fingerprint density at radius 1 is 1.41 bits per heavy atom. The molecule has 0 fully saturated rings. The number of benzene rings is 1. The fourth-order valence-electron chi connectivity index (χ4n) is 1.47. The highest BCUT2D eigenvalue weighted by molar-refractivity contribution is 6.64. The summed E-state index contributed by atoms with van der Waals surface area (Å²) in [5.41, 5.74) is 0.691. The lowest BCUT2D eigenvalue weighted by atomic mass is 10.1. The Balaban J connectivity index is 1.95. The van der Waals surface area contributed by atoms with Crippen LogP contribution in [0, 0.1) is 0 Å². The molecule has 0 N–H and O–H groups in total. The number of hydrogen-bond acceptors (Lipinski definition) is 4. The number of amidine groups is 1. The smallest absolute Gasteiger partial charge is 0.260 e. The van der Waals surface area contributed by atoms with Crippen molar-refractivity contribution < 1.29 is 9.68 Å². The fourth-order valence-corrected chi connectivity index (χ4v) is 1.62. The molecule has 0 bridgehead atoms. The Labute approximate surface area is 106 Å². The van der Waals surface area contributed by atoms with Crippen molar-refractivity contribution in [1.29, 1.82) is 0 Å². The van der Waals surface area contributed by atoms with Gasteiger partial charge in [0.15, 0.2) is 5.60 Å². The second-order valence-corrected chi connectivity index (χ2v) is 4.85. The van der Waals surface area contributed by atoms with Gasteiger partial charge in [-0.3, -0.25) is 4.84 Å². The Bertz CT molecular complexity index is 406. The van der Waals surface area contributed by atoms with Crippen molar-refractivity contribution in [3.63, 3.8) is 0 Å². The van der Waals surface area contributed by atoms with Crippen LogP contribution in [0.1, 0.15) is 19.4 Å². The van der Waals surface area contributed by atoms with E-state index in [1.165, 1.54) is 0 Å². The fraction of sp³-hybridized carbons (Fsp3) is 0.417. The summed E-state index contributed by atoms with van der Waals surface area (Å²) >= 11 is 5.90. The van der Waals surface area contributed by atoms with Gasteiger partial charge < -0.3 is 4.84 Å². The average molecular weight is 255 g/mol. The summed E-state index contributed by atoms with van der Waals surface area (Å²) in [7, 11) is 0. The van der Waals surface area contributed by atoms with E-state index in [1.807, 2.05) is 44.2 Å². The van der Waals surface area contributed by atoms with Crippen LogP contribution in [-0.4, -0.2) is 22.5 Å². The molecular weight excluding hydrogens is 240 g/mol. The molecule has 92 valence electrons. The monoisotopic (exact) mass is 254 g/mol. The largest absolute Gasteiger partial charge is 0.385 e. The highest BCUT2D eigenvalue weighted by Gasteiger charge is 2.31. The molecule has 17 heavy (non-hydrogen) atoms. The number of hydroxylamine groups is 2. The third-order valence-electron chi connectivity index (χ3n) is 2.33. The molecule has 4 nitrogen and oxygen atoms in total. The summed E-state index contributed by atoms with van der Waals surface area (Å²) in [6.07, 6.45) is 0. The summed E-state index contributed by atoms with van der Waals surface area (Å²) in [4.78, 5) is 10.8. The quantitative estimate of drug-likeness (QED) is 0.778. The van der Waals surface area contributed by atoms with Crippen molar-refractivity contribution in [3.05, 3.63) is 35.9 Å². The van der Waals surface area contributed by atoms with Gasteiger partial charge in [0, 0.05) is 0 Å². The summed E-state index contributed by atoms with van der Waals surface area (Å²) < 4.78 is 0. The summed E-state index contributed by atoms with van der Waals surface area (Å²) in [5, 5.41) is 5.54. The maximum Gasteiger partial charge on any atom is 0.260 e. The molecule has 1 aromatic rings. The van der Waals surface area contributed by atoms with E-state index in [9.17, 15) is 0 Å². The molecule has 0 aromatic heterocycles. The number of rotatable bonds is 3. The van der Waals surface area contributed by atoms with Crippen molar-refractivity contribution in [3.8, 4) is 0 Å². The van der Waals surface area contributed by atoms with Gasteiger partial charge in [-0.05, 0) is 31.0 Å². The van der Waals surface area contributed by atoms with Gasteiger partial charge in [0.1, 0.15) is 6.61 Å². The molecular formula is C12H15ClN2O2. The van der Waals surface area contributed by atoms with Crippen LogP contribution in [0.4, 0.5) is 0 Å². The van der Waals surface area contributed by atoms with Crippen LogP contribution in [0.15, 0.2) is 35.5 Å². The lowest BCUT2D eigenvalue weighted by Gasteiger charge is -2.33. The van der Waals surface area contributed by atoms with Crippen molar-refractivity contribution in [2.45, 2.75) is 26.1 Å². The molecule has 0 aliphatic carbocycles. The molecule has 0 radical (unpaired) electrons. The van der Waals surface area contributed by atoms with Crippen LogP contribution < -0.4 is 0 Å². The minimum atomic E-state index is -0.394. The molecule has 1 aliphatic rings. The molecule has 1 aliphatic heterocycles. The second kappa shape index (κ2) is 4.94. The lowest BCUT2D eigenvalue weighted by molar-refractivity contribution is -0.171. The first kappa shape index (κ1) is 12.2. The highest BCUT2D eigenvalue weighted by atomic mass is 35.5. The van der Waals surface area contributed by atoms with Crippen LogP contribution >= 0.6 is 11.6 Å². The van der Waals surface area contributed by atoms with Gasteiger partial charge in [-0.25, -0.2) is 5.06 Å². The van der Waals surface area contributed by atoms with Crippen LogP contribution in [0.3, 0.4) is 0 Å². The van der Waals surface area contributed by atoms with Crippen LogP contribution in [0.25, 0.3) is 0 Å². The first-order valence-corrected chi connectivity index (χ1v) is 5.81. The van der Waals surface area contributed by atoms with Crippen LogP contribution in [-0.2, 0) is 16.3 Å². The number of nitrogens with zero attached hydrogens (tertiary/aromatic N) is 2. The maximum atomic E-state index is 5.90. The Morgan fingerprint density at radius 2 is 2.12 bits per heavy atom. The SMILES string of the molecule is CC1(C)CN(OCc2ccccc2)C(Cl)=NO1. The van der Waals surface area contributed by atoms with Crippen molar-refractivity contribution >= 4 is 16.9 Å².